The van der Waals surface area contributed by atoms with Crippen LogP contribution in [0.2, 0.25) is 0 Å². The van der Waals surface area contributed by atoms with Crippen molar-refractivity contribution in [3.63, 3.8) is 0 Å². The van der Waals surface area contributed by atoms with Gasteiger partial charge < -0.3 is 14.8 Å². The van der Waals surface area contributed by atoms with Crippen molar-refractivity contribution in [1.29, 1.82) is 0 Å². The lowest BCUT2D eigenvalue weighted by Gasteiger charge is -2.27. The molecule has 0 aliphatic carbocycles. The van der Waals surface area contributed by atoms with Crippen molar-refractivity contribution in [1.82, 2.24) is 5.32 Å². The van der Waals surface area contributed by atoms with Gasteiger partial charge in [0.2, 0.25) is 0 Å². The standard InChI is InChI=1S/C10H19NO3/c1-8(6-9(12)13-3)11-10(2)4-5-14-7-10/h8,11H,4-7H2,1-3H3. The van der Waals surface area contributed by atoms with Crippen LogP contribution in [0, 0.1) is 0 Å². The summed E-state index contributed by atoms with van der Waals surface area (Å²) < 4.78 is 9.92. The first-order valence-corrected chi connectivity index (χ1v) is 4.98. The Kier molecular flexibility index (Phi) is 3.89. The van der Waals surface area contributed by atoms with Crippen molar-refractivity contribution >= 4 is 5.97 Å². The molecule has 1 saturated heterocycles. The Morgan fingerprint density at radius 2 is 2.43 bits per heavy atom. The van der Waals surface area contributed by atoms with Gasteiger partial charge in [-0.05, 0) is 20.3 Å². The van der Waals surface area contributed by atoms with E-state index in [2.05, 4.69) is 17.0 Å². The van der Waals surface area contributed by atoms with Crippen molar-refractivity contribution in [3.8, 4) is 0 Å². The van der Waals surface area contributed by atoms with Crippen molar-refractivity contribution in [2.24, 2.45) is 0 Å². The summed E-state index contributed by atoms with van der Waals surface area (Å²) in [6.07, 6.45) is 1.41. The highest BCUT2D eigenvalue weighted by atomic mass is 16.5. The molecule has 0 aromatic carbocycles. The van der Waals surface area contributed by atoms with E-state index in [9.17, 15) is 4.79 Å². The normalized spacial score (nSPS) is 28.8. The van der Waals surface area contributed by atoms with Crippen LogP contribution < -0.4 is 5.32 Å². The van der Waals surface area contributed by atoms with Crippen LogP contribution in [0.15, 0.2) is 0 Å². The largest absolute Gasteiger partial charge is 0.469 e. The Morgan fingerprint density at radius 3 is 2.93 bits per heavy atom. The Hall–Kier alpha value is -0.610. The summed E-state index contributed by atoms with van der Waals surface area (Å²) in [7, 11) is 1.41. The van der Waals surface area contributed by atoms with E-state index in [0.29, 0.717) is 6.42 Å². The quantitative estimate of drug-likeness (QED) is 0.680. The summed E-state index contributed by atoms with van der Waals surface area (Å²) in [5.74, 6) is -0.174. The maximum absolute atomic E-state index is 11.0. The third kappa shape index (κ3) is 3.27. The molecule has 2 atom stereocenters. The number of carbonyl (C=O) groups is 1. The van der Waals surface area contributed by atoms with Gasteiger partial charge in [-0.1, -0.05) is 0 Å². The fraction of sp³-hybridized carbons (Fsp3) is 0.900. The molecule has 4 heteroatoms. The molecule has 0 amide bonds. The maximum atomic E-state index is 11.0. The van der Waals surface area contributed by atoms with Crippen LogP contribution in [-0.4, -0.2) is 37.9 Å². The molecular formula is C10H19NO3. The fourth-order valence-corrected chi connectivity index (χ4v) is 1.76. The lowest BCUT2D eigenvalue weighted by molar-refractivity contribution is -0.141. The summed E-state index contributed by atoms with van der Waals surface area (Å²) in [5.41, 5.74) is 0.0213. The molecule has 1 N–H and O–H groups in total. The van der Waals surface area contributed by atoms with Gasteiger partial charge in [0.05, 0.1) is 20.1 Å². The smallest absolute Gasteiger partial charge is 0.307 e. The number of hydrogen-bond donors (Lipinski definition) is 1. The number of rotatable bonds is 4. The summed E-state index contributed by atoms with van der Waals surface area (Å²) in [6.45, 7) is 5.63. The fourth-order valence-electron chi connectivity index (χ4n) is 1.76. The molecule has 0 spiro atoms. The molecule has 4 nitrogen and oxygen atoms in total. The maximum Gasteiger partial charge on any atom is 0.307 e. The van der Waals surface area contributed by atoms with Crippen LogP contribution in [0.25, 0.3) is 0 Å². The number of hydrogen-bond acceptors (Lipinski definition) is 4. The second-order valence-electron chi connectivity index (χ2n) is 4.19. The molecule has 0 aromatic heterocycles. The van der Waals surface area contributed by atoms with E-state index in [4.69, 9.17) is 4.74 Å². The van der Waals surface area contributed by atoms with Gasteiger partial charge in [0.15, 0.2) is 0 Å². The van der Waals surface area contributed by atoms with Gasteiger partial charge in [-0.3, -0.25) is 4.79 Å². The molecular weight excluding hydrogens is 182 g/mol. The van der Waals surface area contributed by atoms with Gasteiger partial charge in [-0.25, -0.2) is 0 Å². The topological polar surface area (TPSA) is 47.6 Å². The lowest BCUT2D eigenvalue weighted by Crippen LogP contribution is -2.48. The molecule has 1 heterocycles. The van der Waals surface area contributed by atoms with Crippen molar-refractivity contribution in [3.05, 3.63) is 0 Å². The number of methoxy groups -OCH3 is 1. The van der Waals surface area contributed by atoms with Crippen LogP contribution >= 0.6 is 0 Å². The van der Waals surface area contributed by atoms with E-state index in [-0.39, 0.29) is 17.6 Å². The molecule has 0 radical (unpaired) electrons. The molecule has 0 bridgehead atoms. The van der Waals surface area contributed by atoms with E-state index >= 15 is 0 Å². The number of carbonyl (C=O) groups excluding carboxylic acids is 1. The van der Waals surface area contributed by atoms with E-state index < -0.39 is 0 Å². The summed E-state index contributed by atoms with van der Waals surface area (Å²) in [4.78, 5) is 11.0. The molecule has 1 aliphatic heterocycles. The molecule has 1 fully saturated rings. The first kappa shape index (κ1) is 11.5. The van der Waals surface area contributed by atoms with E-state index in [1.807, 2.05) is 6.92 Å². The second kappa shape index (κ2) is 4.75. The third-order valence-electron chi connectivity index (χ3n) is 2.51. The minimum absolute atomic E-state index is 0.0213. The zero-order valence-electron chi connectivity index (χ0n) is 9.13. The van der Waals surface area contributed by atoms with Crippen molar-refractivity contribution in [2.75, 3.05) is 20.3 Å². The Bertz CT molecular complexity index is 200. The summed E-state index contributed by atoms with van der Waals surface area (Å²) in [5, 5.41) is 3.39. The van der Waals surface area contributed by atoms with Crippen molar-refractivity contribution in [2.45, 2.75) is 38.3 Å². The monoisotopic (exact) mass is 201 g/mol. The molecule has 14 heavy (non-hydrogen) atoms. The van der Waals surface area contributed by atoms with Crippen LogP contribution in [0.5, 0.6) is 0 Å². The number of nitrogens with one attached hydrogen (secondary N) is 1. The van der Waals surface area contributed by atoms with E-state index in [1.54, 1.807) is 0 Å². The highest BCUT2D eigenvalue weighted by Crippen LogP contribution is 2.18. The average Bonchev–Trinajstić information content (AvgIpc) is 2.51. The zero-order chi connectivity index (χ0) is 10.6. The van der Waals surface area contributed by atoms with Gasteiger partial charge in [0, 0.05) is 18.2 Å². The SMILES string of the molecule is COC(=O)CC(C)NC1(C)CCOC1. The number of ether oxygens (including phenoxy) is 2. The van der Waals surface area contributed by atoms with Crippen molar-refractivity contribution < 1.29 is 14.3 Å². The first-order chi connectivity index (χ1) is 6.56. The van der Waals surface area contributed by atoms with Gasteiger partial charge >= 0.3 is 5.97 Å². The minimum atomic E-state index is -0.174. The second-order valence-corrected chi connectivity index (χ2v) is 4.19. The summed E-state index contributed by atoms with van der Waals surface area (Å²) >= 11 is 0. The van der Waals surface area contributed by atoms with E-state index in [0.717, 1.165) is 19.6 Å². The molecule has 0 saturated carbocycles. The molecule has 0 aromatic rings. The molecule has 1 rings (SSSR count). The molecule has 1 aliphatic rings. The Labute approximate surface area is 85.0 Å². The highest BCUT2D eigenvalue weighted by molar-refractivity contribution is 5.69. The molecule has 2 unspecified atom stereocenters. The van der Waals surface area contributed by atoms with Gasteiger partial charge in [-0.15, -0.1) is 0 Å². The Balaban J connectivity index is 2.32. The van der Waals surface area contributed by atoms with Crippen LogP contribution in [0.4, 0.5) is 0 Å². The van der Waals surface area contributed by atoms with Crippen LogP contribution in [0.1, 0.15) is 26.7 Å². The first-order valence-electron chi connectivity index (χ1n) is 4.98. The zero-order valence-corrected chi connectivity index (χ0v) is 9.13. The lowest BCUT2D eigenvalue weighted by atomic mass is 10.00. The average molecular weight is 201 g/mol. The number of esters is 1. The third-order valence-corrected chi connectivity index (χ3v) is 2.51. The summed E-state index contributed by atoms with van der Waals surface area (Å²) in [6, 6.07) is 0.133. The predicted molar refractivity (Wildman–Crippen MR) is 53.1 cm³/mol. The van der Waals surface area contributed by atoms with Gasteiger partial charge in [0.25, 0.3) is 0 Å². The molecule has 82 valence electrons. The Morgan fingerprint density at radius 1 is 1.71 bits per heavy atom. The van der Waals surface area contributed by atoms with E-state index in [1.165, 1.54) is 7.11 Å². The highest BCUT2D eigenvalue weighted by Gasteiger charge is 2.31. The van der Waals surface area contributed by atoms with Crippen LogP contribution in [0.3, 0.4) is 0 Å². The predicted octanol–water partition coefficient (Wildman–Crippen LogP) is 0.707. The van der Waals surface area contributed by atoms with Gasteiger partial charge in [-0.2, -0.15) is 0 Å². The minimum Gasteiger partial charge on any atom is -0.469 e. The van der Waals surface area contributed by atoms with Crippen LogP contribution in [-0.2, 0) is 14.3 Å². The van der Waals surface area contributed by atoms with Gasteiger partial charge in [0.1, 0.15) is 0 Å².